The van der Waals surface area contributed by atoms with Crippen molar-refractivity contribution in [1.29, 1.82) is 0 Å². The predicted octanol–water partition coefficient (Wildman–Crippen LogP) is 1.01. The Labute approximate surface area is 98.3 Å². The minimum atomic E-state index is -0.273. The zero-order valence-corrected chi connectivity index (χ0v) is 11.3. The first kappa shape index (κ1) is 13.5. The van der Waals surface area contributed by atoms with Gasteiger partial charge >= 0.3 is 0 Å². The maximum Gasteiger partial charge on any atom is 0.239 e. The van der Waals surface area contributed by atoms with Crippen molar-refractivity contribution in [3.8, 4) is 0 Å². The van der Waals surface area contributed by atoms with E-state index in [2.05, 4.69) is 5.32 Å². The second kappa shape index (κ2) is 4.34. The van der Waals surface area contributed by atoms with Gasteiger partial charge in [-0.2, -0.15) is 0 Å². The quantitative estimate of drug-likeness (QED) is 0.767. The first-order chi connectivity index (χ1) is 7.17. The molecule has 0 aromatic carbocycles. The van der Waals surface area contributed by atoms with Crippen molar-refractivity contribution in [2.24, 2.45) is 0 Å². The van der Waals surface area contributed by atoms with Gasteiger partial charge in [0, 0.05) is 13.1 Å². The molecule has 0 bridgehead atoms. The van der Waals surface area contributed by atoms with Gasteiger partial charge in [-0.1, -0.05) is 0 Å². The predicted molar refractivity (Wildman–Crippen MR) is 64.3 cm³/mol. The molecule has 0 saturated carbocycles. The first-order valence-electron chi connectivity index (χ1n) is 5.83. The molecule has 1 amide bonds. The van der Waals surface area contributed by atoms with Crippen molar-refractivity contribution in [3.05, 3.63) is 0 Å². The fourth-order valence-corrected chi connectivity index (χ4v) is 2.34. The van der Waals surface area contributed by atoms with Gasteiger partial charge in [-0.3, -0.25) is 4.79 Å². The van der Waals surface area contributed by atoms with Gasteiger partial charge in [0.15, 0.2) is 0 Å². The van der Waals surface area contributed by atoms with E-state index in [4.69, 9.17) is 4.74 Å². The molecule has 16 heavy (non-hydrogen) atoms. The van der Waals surface area contributed by atoms with Gasteiger partial charge in [0.1, 0.15) is 0 Å². The van der Waals surface area contributed by atoms with Crippen molar-refractivity contribution in [3.63, 3.8) is 0 Å². The highest BCUT2D eigenvalue weighted by atomic mass is 16.5. The Hall–Kier alpha value is -0.610. The van der Waals surface area contributed by atoms with E-state index in [0.29, 0.717) is 13.1 Å². The molecular formula is C12H24N2O2. The highest BCUT2D eigenvalue weighted by Gasteiger charge is 2.40. The average Bonchev–Trinajstić information content (AvgIpc) is 2.10. The normalized spacial score (nSPS) is 25.2. The Morgan fingerprint density at radius 3 is 2.06 bits per heavy atom. The highest BCUT2D eigenvalue weighted by molar-refractivity contribution is 5.81. The van der Waals surface area contributed by atoms with Crippen LogP contribution in [-0.4, -0.2) is 48.2 Å². The molecule has 1 aliphatic heterocycles. The van der Waals surface area contributed by atoms with Crippen LogP contribution >= 0.6 is 0 Å². The standard InChI is InChI=1S/C12H24N2O2/c1-9(13-6)10(15)14-7-11(2,3)16-12(4,5)8-14/h9,13H,7-8H2,1-6H3. The van der Waals surface area contributed by atoms with Crippen LogP contribution in [-0.2, 0) is 9.53 Å². The molecule has 0 aliphatic carbocycles. The summed E-state index contributed by atoms with van der Waals surface area (Å²) in [4.78, 5) is 14.0. The molecule has 94 valence electrons. The number of amides is 1. The third-order valence-corrected chi connectivity index (χ3v) is 2.81. The van der Waals surface area contributed by atoms with Gasteiger partial charge in [0.05, 0.1) is 17.2 Å². The summed E-state index contributed by atoms with van der Waals surface area (Å²) in [5, 5.41) is 2.98. The summed E-state index contributed by atoms with van der Waals surface area (Å²) in [5.41, 5.74) is -0.546. The molecule has 1 fully saturated rings. The van der Waals surface area contributed by atoms with E-state index in [1.165, 1.54) is 0 Å². The fraction of sp³-hybridized carbons (Fsp3) is 0.917. The topological polar surface area (TPSA) is 41.6 Å². The number of ether oxygens (including phenoxy) is 1. The lowest BCUT2D eigenvalue weighted by atomic mass is 9.98. The molecular weight excluding hydrogens is 204 g/mol. The molecule has 1 unspecified atom stereocenters. The van der Waals surface area contributed by atoms with Crippen LogP contribution in [0.3, 0.4) is 0 Å². The zero-order chi connectivity index (χ0) is 12.6. The van der Waals surface area contributed by atoms with Gasteiger partial charge in [0.25, 0.3) is 0 Å². The van der Waals surface area contributed by atoms with Gasteiger partial charge in [-0.15, -0.1) is 0 Å². The van der Waals surface area contributed by atoms with E-state index in [1.54, 1.807) is 7.05 Å². The average molecular weight is 228 g/mol. The summed E-state index contributed by atoms with van der Waals surface area (Å²) in [7, 11) is 1.80. The number of morpholine rings is 1. The number of hydrogen-bond donors (Lipinski definition) is 1. The minimum absolute atomic E-state index is 0.135. The summed E-state index contributed by atoms with van der Waals surface area (Å²) < 4.78 is 5.94. The Bertz CT molecular complexity index is 258. The minimum Gasteiger partial charge on any atom is -0.366 e. The van der Waals surface area contributed by atoms with Crippen LogP contribution in [0.15, 0.2) is 0 Å². The third-order valence-electron chi connectivity index (χ3n) is 2.81. The SMILES string of the molecule is CNC(C)C(=O)N1CC(C)(C)OC(C)(C)C1. The van der Waals surface area contributed by atoms with Crippen LogP contribution < -0.4 is 5.32 Å². The van der Waals surface area contributed by atoms with Gasteiger partial charge < -0.3 is 15.0 Å². The first-order valence-corrected chi connectivity index (χ1v) is 5.83. The second-order valence-electron chi connectivity index (χ2n) is 5.83. The number of nitrogens with one attached hydrogen (secondary N) is 1. The van der Waals surface area contributed by atoms with E-state index in [9.17, 15) is 4.79 Å². The molecule has 1 aliphatic rings. The Balaban J connectivity index is 2.78. The summed E-state index contributed by atoms with van der Waals surface area (Å²) in [6.07, 6.45) is 0. The Morgan fingerprint density at radius 2 is 1.69 bits per heavy atom. The van der Waals surface area contributed by atoms with Gasteiger partial charge in [-0.05, 0) is 41.7 Å². The highest BCUT2D eigenvalue weighted by Crippen LogP contribution is 2.28. The van der Waals surface area contributed by atoms with Crippen molar-refractivity contribution in [2.45, 2.75) is 51.9 Å². The second-order valence-corrected chi connectivity index (χ2v) is 5.83. The molecule has 0 aromatic rings. The van der Waals surface area contributed by atoms with Gasteiger partial charge in [-0.25, -0.2) is 0 Å². The number of carbonyl (C=O) groups excluding carboxylic acids is 1. The summed E-state index contributed by atoms with van der Waals surface area (Å²) in [5.74, 6) is 0.145. The van der Waals surface area contributed by atoms with E-state index in [1.807, 2.05) is 39.5 Å². The van der Waals surface area contributed by atoms with Crippen molar-refractivity contribution in [1.82, 2.24) is 10.2 Å². The number of carbonyl (C=O) groups is 1. The lowest BCUT2D eigenvalue weighted by Crippen LogP contribution is -2.60. The molecule has 1 saturated heterocycles. The number of hydrogen-bond acceptors (Lipinski definition) is 3. The molecule has 1 N–H and O–H groups in total. The van der Waals surface area contributed by atoms with Crippen LogP contribution in [0.4, 0.5) is 0 Å². The molecule has 4 nitrogen and oxygen atoms in total. The van der Waals surface area contributed by atoms with Crippen LogP contribution in [0.2, 0.25) is 0 Å². The van der Waals surface area contributed by atoms with E-state index in [-0.39, 0.29) is 23.2 Å². The number of nitrogens with zero attached hydrogens (tertiary/aromatic N) is 1. The molecule has 4 heteroatoms. The van der Waals surface area contributed by atoms with E-state index < -0.39 is 0 Å². The fourth-order valence-electron chi connectivity index (χ4n) is 2.34. The van der Waals surface area contributed by atoms with Crippen LogP contribution in [0.25, 0.3) is 0 Å². The largest absolute Gasteiger partial charge is 0.366 e. The summed E-state index contributed by atoms with van der Waals surface area (Å²) >= 11 is 0. The van der Waals surface area contributed by atoms with E-state index >= 15 is 0 Å². The summed E-state index contributed by atoms with van der Waals surface area (Å²) in [6, 6.07) is -0.135. The molecule has 1 rings (SSSR count). The maximum atomic E-state index is 12.1. The lowest BCUT2D eigenvalue weighted by molar-refractivity contribution is -0.188. The summed E-state index contributed by atoms with van der Waals surface area (Å²) in [6.45, 7) is 11.3. The van der Waals surface area contributed by atoms with Crippen molar-refractivity contribution < 1.29 is 9.53 Å². The van der Waals surface area contributed by atoms with Crippen LogP contribution in [0.1, 0.15) is 34.6 Å². The molecule has 1 atom stereocenters. The van der Waals surface area contributed by atoms with E-state index in [0.717, 1.165) is 0 Å². The smallest absolute Gasteiger partial charge is 0.239 e. The lowest BCUT2D eigenvalue weighted by Gasteiger charge is -2.47. The van der Waals surface area contributed by atoms with Crippen LogP contribution in [0, 0.1) is 0 Å². The Morgan fingerprint density at radius 1 is 1.25 bits per heavy atom. The number of rotatable bonds is 2. The number of likely N-dealkylation sites (N-methyl/N-ethyl adjacent to an activating group) is 1. The maximum absolute atomic E-state index is 12.1. The molecule has 0 radical (unpaired) electrons. The third kappa shape index (κ3) is 3.19. The zero-order valence-electron chi connectivity index (χ0n) is 11.3. The van der Waals surface area contributed by atoms with Crippen LogP contribution in [0.5, 0.6) is 0 Å². The van der Waals surface area contributed by atoms with Gasteiger partial charge in [0.2, 0.25) is 5.91 Å². The molecule has 0 spiro atoms. The Kier molecular flexibility index (Phi) is 3.65. The monoisotopic (exact) mass is 228 g/mol. The molecule has 0 aromatic heterocycles. The van der Waals surface area contributed by atoms with Crippen molar-refractivity contribution >= 4 is 5.91 Å². The van der Waals surface area contributed by atoms with Crippen molar-refractivity contribution in [2.75, 3.05) is 20.1 Å². The molecule has 1 heterocycles.